The SMILES string of the molecule is CC(C)CC(NC(=O)CNC(=O)C(Cc1cnc[nH]1)NC(=O)C(C)N)C(=O)O. The van der Waals surface area contributed by atoms with Crippen LogP contribution in [0.3, 0.4) is 0 Å². The number of hydrogen-bond acceptors (Lipinski definition) is 6. The Hall–Kier alpha value is -2.95. The molecule has 7 N–H and O–H groups in total. The Labute approximate surface area is 162 Å². The largest absolute Gasteiger partial charge is 0.480 e. The van der Waals surface area contributed by atoms with Crippen molar-refractivity contribution in [3.63, 3.8) is 0 Å². The number of aromatic amines is 1. The predicted molar refractivity (Wildman–Crippen MR) is 99.9 cm³/mol. The molecule has 0 fully saturated rings. The van der Waals surface area contributed by atoms with Crippen molar-refractivity contribution in [1.29, 1.82) is 0 Å². The van der Waals surface area contributed by atoms with Gasteiger partial charge in [0.2, 0.25) is 17.7 Å². The molecule has 0 radical (unpaired) electrons. The van der Waals surface area contributed by atoms with Crippen LogP contribution in [-0.2, 0) is 25.6 Å². The fraction of sp³-hybridized carbons (Fsp3) is 0.588. The molecule has 0 aliphatic rings. The number of carboxylic acids is 1. The molecule has 0 saturated carbocycles. The van der Waals surface area contributed by atoms with Gasteiger partial charge in [-0.05, 0) is 19.3 Å². The number of aromatic nitrogens is 2. The summed E-state index contributed by atoms with van der Waals surface area (Å²) < 4.78 is 0. The van der Waals surface area contributed by atoms with Gasteiger partial charge in [-0.25, -0.2) is 9.78 Å². The summed E-state index contributed by atoms with van der Waals surface area (Å²) in [5.41, 5.74) is 6.13. The van der Waals surface area contributed by atoms with Crippen LogP contribution in [0.25, 0.3) is 0 Å². The number of carbonyl (C=O) groups excluding carboxylic acids is 3. The minimum Gasteiger partial charge on any atom is -0.480 e. The summed E-state index contributed by atoms with van der Waals surface area (Å²) in [6, 6.07) is -2.83. The Morgan fingerprint density at radius 3 is 2.32 bits per heavy atom. The number of H-pyrrole nitrogens is 1. The highest BCUT2D eigenvalue weighted by Gasteiger charge is 2.25. The molecular weight excluding hydrogens is 368 g/mol. The molecule has 0 saturated heterocycles. The average Bonchev–Trinajstić information content (AvgIpc) is 3.10. The van der Waals surface area contributed by atoms with Crippen molar-refractivity contribution in [1.82, 2.24) is 25.9 Å². The number of aliphatic carboxylic acids is 1. The number of carbonyl (C=O) groups is 4. The van der Waals surface area contributed by atoms with Gasteiger partial charge < -0.3 is 31.8 Å². The van der Waals surface area contributed by atoms with Crippen molar-refractivity contribution >= 4 is 23.7 Å². The first kappa shape index (κ1) is 23.1. The third kappa shape index (κ3) is 8.16. The average molecular weight is 396 g/mol. The molecule has 11 heteroatoms. The maximum Gasteiger partial charge on any atom is 0.326 e. The summed E-state index contributed by atoms with van der Waals surface area (Å²) >= 11 is 0. The van der Waals surface area contributed by atoms with Crippen LogP contribution in [0.5, 0.6) is 0 Å². The number of nitrogens with one attached hydrogen (secondary N) is 4. The van der Waals surface area contributed by atoms with E-state index in [0.29, 0.717) is 5.69 Å². The van der Waals surface area contributed by atoms with Gasteiger partial charge in [-0.2, -0.15) is 0 Å². The van der Waals surface area contributed by atoms with Crippen molar-refractivity contribution in [2.75, 3.05) is 6.54 Å². The Morgan fingerprint density at radius 1 is 1.14 bits per heavy atom. The lowest BCUT2D eigenvalue weighted by Gasteiger charge is -2.20. The highest BCUT2D eigenvalue weighted by molar-refractivity contribution is 5.92. The minimum atomic E-state index is -1.14. The van der Waals surface area contributed by atoms with Crippen molar-refractivity contribution in [2.45, 2.75) is 51.7 Å². The molecule has 156 valence electrons. The second kappa shape index (κ2) is 11.0. The van der Waals surface area contributed by atoms with Crippen LogP contribution in [0.2, 0.25) is 0 Å². The normalized spacial score (nSPS) is 14.0. The van der Waals surface area contributed by atoms with E-state index in [1.165, 1.54) is 19.4 Å². The van der Waals surface area contributed by atoms with E-state index in [1.54, 1.807) is 0 Å². The van der Waals surface area contributed by atoms with E-state index in [9.17, 15) is 19.2 Å². The lowest BCUT2D eigenvalue weighted by molar-refractivity contribution is -0.142. The predicted octanol–water partition coefficient (Wildman–Crippen LogP) is -1.48. The molecule has 1 heterocycles. The van der Waals surface area contributed by atoms with E-state index >= 15 is 0 Å². The molecular formula is C17H28N6O5. The fourth-order valence-corrected chi connectivity index (χ4v) is 2.36. The monoisotopic (exact) mass is 396 g/mol. The zero-order valence-electron chi connectivity index (χ0n) is 16.2. The van der Waals surface area contributed by atoms with Gasteiger partial charge in [0.25, 0.3) is 0 Å². The van der Waals surface area contributed by atoms with Crippen LogP contribution >= 0.6 is 0 Å². The van der Waals surface area contributed by atoms with Crippen LogP contribution in [0.1, 0.15) is 32.9 Å². The third-order valence-corrected chi connectivity index (χ3v) is 3.79. The van der Waals surface area contributed by atoms with Crippen LogP contribution in [0.4, 0.5) is 0 Å². The number of nitrogens with two attached hydrogens (primary N) is 1. The second-order valence-corrected chi connectivity index (χ2v) is 6.94. The van der Waals surface area contributed by atoms with Gasteiger partial charge in [-0.3, -0.25) is 14.4 Å². The molecule has 1 rings (SSSR count). The first-order chi connectivity index (χ1) is 13.1. The Bertz CT molecular complexity index is 674. The summed E-state index contributed by atoms with van der Waals surface area (Å²) in [7, 11) is 0. The van der Waals surface area contributed by atoms with Crippen molar-refractivity contribution in [3.8, 4) is 0 Å². The summed E-state index contributed by atoms with van der Waals surface area (Å²) in [5, 5.41) is 16.4. The Morgan fingerprint density at radius 2 is 1.82 bits per heavy atom. The summed E-state index contributed by atoms with van der Waals surface area (Å²) in [5.74, 6) is -2.83. The third-order valence-electron chi connectivity index (χ3n) is 3.79. The second-order valence-electron chi connectivity index (χ2n) is 6.94. The first-order valence-electron chi connectivity index (χ1n) is 8.93. The zero-order valence-corrected chi connectivity index (χ0v) is 16.2. The lowest BCUT2D eigenvalue weighted by atomic mass is 10.0. The van der Waals surface area contributed by atoms with Crippen LogP contribution < -0.4 is 21.7 Å². The minimum absolute atomic E-state index is 0.0724. The molecule has 0 bridgehead atoms. The molecule has 11 nitrogen and oxygen atoms in total. The molecule has 3 amide bonds. The maximum atomic E-state index is 12.4. The number of amides is 3. The summed E-state index contributed by atoms with van der Waals surface area (Å²) in [4.78, 5) is 54.2. The molecule has 1 aromatic heterocycles. The van der Waals surface area contributed by atoms with Gasteiger partial charge in [-0.15, -0.1) is 0 Å². The van der Waals surface area contributed by atoms with Gasteiger partial charge in [0.1, 0.15) is 12.1 Å². The number of nitrogens with zero attached hydrogens (tertiary/aromatic N) is 1. The Balaban J connectivity index is 2.66. The van der Waals surface area contributed by atoms with Crippen molar-refractivity contribution in [3.05, 3.63) is 18.2 Å². The van der Waals surface area contributed by atoms with E-state index in [1.807, 2.05) is 13.8 Å². The van der Waals surface area contributed by atoms with E-state index in [0.717, 1.165) is 0 Å². The first-order valence-corrected chi connectivity index (χ1v) is 8.93. The number of imidazole rings is 1. The van der Waals surface area contributed by atoms with E-state index in [2.05, 4.69) is 25.9 Å². The van der Waals surface area contributed by atoms with E-state index in [4.69, 9.17) is 10.8 Å². The topological polar surface area (TPSA) is 179 Å². The molecule has 1 aromatic rings. The number of hydrogen-bond donors (Lipinski definition) is 6. The van der Waals surface area contributed by atoms with Crippen molar-refractivity contribution in [2.24, 2.45) is 11.7 Å². The molecule has 0 aliphatic carbocycles. The van der Waals surface area contributed by atoms with E-state index in [-0.39, 0.29) is 18.8 Å². The quantitative estimate of drug-likeness (QED) is 0.264. The molecule has 0 aliphatic heterocycles. The van der Waals surface area contributed by atoms with E-state index < -0.39 is 48.4 Å². The van der Waals surface area contributed by atoms with Gasteiger partial charge in [0, 0.05) is 18.3 Å². The Kier molecular flexibility index (Phi) is 9.09. The summed E-state index contributed by atoms with van der Waals surface area (Å²) in [6.45, 7) is 4.74. The summed E-state index contributed by atoms with van der Waals surface area (Å²) in [6.07, 6.45) is 3.33. The standard InChI is InChI=1S/C17H28N6O5/c1-9(2)4-13(17(27)28)22-14(24)7-20-16(26)12(23-15(25)10(3)18)5-11-6-19-8-21-11/h6,8-10,12-13H,4-5,7,18H2,1-3H3,(H,19,21)(H,20,26)(H,22,24)(H,23,25)(H,27,28). The highest BCUT2D eigenvalue weighted by Crippen LogP contribution is 2.05. The van der Waals surface area contributed by atoms with Gasteiger partial charge in [-0.1, -0.05) is 13.8 Å². The number of carboxylic acid groups (broad SMARTS) is 1. The van der Waals surface area contributed by atoms with Crippen LogP contribution in [0, 0.1) is 5.92 Å². The highest BCUT2D eigenvalue weighted by atomic mass is 16.4. The van der Waals surface area contributed by atoms with Crippen molar-refractivity contribution < 1.29 is 24.3 Å². The van der Waals surface area contributed by atoms with Gasteiger partial charge in [0.15, 0.2) is 0 Å². The molecule has 0 aromatic carbocycles. The van der Waals surface area contributed by atoms with Crippen LogP contribution in [0.15, 0.2) is 12.5 Å². The molecule has 3 atom stereocenters. The smallest absolute Gasteiger partial charge is 0.326 e. The lowest BCUT2D eigenvalue weighted by Crippen LogP contribution is -2.53. The fourth-order valence-electron chi connectivity index (χ4n) is 2.36. The maximum absolute atomic E-state index is 12.4. The van der Waals surface area contributed by atoms with Gasteiger partial charge in [0.05, 0.1) is 18.9 Å². The van der Waals surface area contributed by atoms with Gasteiger partial charge >= 0.3 is 5.97 Å². The molecule has 3 unspecified atom stereocenters. The molecule has 0 spiro atoms. The molecule has 28 heavy (non-hydrogen) atoms. The van der Waals surface area contributed by atoms with Crippen LogP contribution in [-0.4, -0.2) is 63.4 Å². The number of rotatable bonds is 11. The zero-order chi connectivity index (χ0) is 21.3.